The molecule has 2 aliphatic rings. The second-order valence-electron chi connectivity index (χ2n) is 7.78. The summed E-state index contributed by atoms with van der Waals surface area (Å²) in [6.45, 7) is 1.79. The van der Waals surface area contributed by atoms with E-state index < -0.39 is 11.7 Å². The molecular formula is C24H22N2O5. The minimum absolute atomic E-state index is 0.290. The maximum absolute atomic E-state index is 12.7. The molecule has 3 aromatic carbocycles. The topological polar surface area (TPSA) is 68.3 Å². The lowest BCUT2D eigenvalue weighted by atomic mass is 10.1. The Kier molecular flexibility index (Phi) is 4.75. The quantitative estimate of drug-likeness (QED) is 0.593. The molecule has 31 heavy (non-hydrogen) atoms. The molecule has 0 N–H and O–H groups in total. The van der Waals surface area contributed by atoms with E-state index in [9.17, 15) is 9.59 Å². The van der Waals surface area contributed by atoms with Gasteiger partial charge in [0, 0.05) is 12.6 Å². The number of ether oxygens (including phenoxy) is 3. The zero-order valence-corrected chi connectivity index (χ0v) is 17.4. The van der Waals surface area contributed by atoms with Gasteiger partial charge < -0.3 is 14.2 Å². The van der Waals surface area contributed by atoms with Crippen LogP contribution in [0.1, 0.15) is 15.9 Å². The third-order valence-electron chi connectivity index (χ3n) is 5.58. The number of methoxy groups -OCH3 is 1. The van der Waals surface area contributed by atoms with Crippen LogP contribution in [0.4, 0.5) is 5.69 Å². The largest absolute Gasteiger partial charge is 0.497 e. The summed E-state index contributed by atoms with van der Waals surface area (Å²) in [5.41, 5.74) is 2.04. The van der Waals surface area contributed by atoms with E-state index in [0.29, 0.717) is 42.5 Å². The number of rotatable bonds is 5. The number of amides is 1. The predicted molar refractivity (Wildman–Crippen MR) is 116 cm³/mol. The highest BCUT2D eigenvalue weighted by atomic mass is 16.6. The number of Topliss-reactive ketones (excluding diaryl/α,β-unsaturated/α-hetero) is 1. The van der Waals surface area contributed by atoms with E-state index >= 15 is 0 Å². The Morgan fingerprint density at radius 2 is 1.68 bits per heavy atom. The minimum Gasteiger partial charge on any atom is -0.497 e. The zero-order chi connectivity index (χ0) is 21.5. The van der Waals surface area contributed by atoms with Crippen LogP contribution in [-0.2, 0) is 11.3 Å². The van der Waals surface area contributed by atoms with Gasteiger partial charge in [-0.1, -0.05) is 18.2 Å². The lowest BCUT2D eigenvalue weighted by Gasteiger charge is -2.25. The van der Waals surface area contributed by atoms with Crippen LogP contribution in [-0.4, -0.2) is 50.6 Å². The SMILES string of the molecule is COc1ccc2cc(CN(C)CN3C(=O)C(=O)c4cc5c(cc43)OCCO5)ccc2c1. The Morgan fingerprint density at radius 1 is 0.968 bits per heavy atom. The maximum Gasteiger partial charge on any atom is 0.300 e. The lowest BCUT2D eigenvalue weighted by Crippen LogP contribution is -2.38. The Morgan fingerprint density at radius 3 is 2.45 bits per heavy atom. The summed E-state index contributed by atoms with van der Waals surface area (Å²) in [6, 6.07) is 15.6. The van der Waals surface area contributed by atoms with Crippen molar-refractivity contribution in [3.8, 4) is 17.2 Å². The first-order valence-electron chi connectivity index (χ1n) is 10.1. The molecule has 0 spiro atoms. The highest BCUT2D eigenvalue weighted by Gasteiger charge is 2.38. The molecule has 0 saturated carbocycles. The standard InChI is InChI=1S/C24H22N2O5/c1-25(13-15-3-4-17-10-18(29-2)6-5-16(17)9-15)14-26-20-12-22-21(30-7-8-31-22)11-19(20)23(27)24(26)28/h3-6,9-12H,7-8,13-14H2,1-2H3. The maximum atomic E-state index is 12.7. The van der Waals surface area contributed by atoms with Gasteiger partial charge in [-0.25, -0.2) is 0 Å². The van der Waals surface area contributed by atoms with Crippen LogP contribution >= 0.6 is 0 Å². The number of nitrogens with zero attached hydrogens (tertiary/aromatic N) is 2. The smallest absolute Gasteiger partial charge is 0.300 e. The first-order valence-corrected chi connectivity index (χ1v) is 10.1. The van der Waals surface area contributed by atoms with Crippen molar-refractivity contribution in [1.29, 1.82) is 0 Å². The van der Waals surface area contributed by atoms with E-state index in [0.717, 1.165) is 22.1 Å². The number of carbonyl (C=O) groups is 2. The van der Waals surface area contributed by atoms with E-state index in [1.54, 1.807) is 19.2 Å². The molecule has 1 amide bonds. The highest BCUT2D eigenvalue weighted by Crippen LogP contribution is 2.40. The summed E-state index contributed by atoms with van der Waals surface area (Å²) in [5, 5.41) is 2.22. The Balaban J connectivity index is 1.36. The minimum atomic E-state index is -0.533. The summed E-state index contributed by atoms with van der Waals surface area (Å²) >= 11 is 0. The molecule has 0 aliphatic carbocycles. The van der Waals surface area contributed by atoms with Crippen molar-refractivity contribution < 1.29 is 23.8 Å². The summed E-state index contributed by atoms with van der Waals surface area (Å²) in [4.78, 5) is 28.7. The third-order valence-corrected chi connectivity index (χ3v) is 5.58. The normalized spacial score (nSPS) is 15.0. The summed E-state index contributed by atoms with van der Waals surface area (Å²) < 4.78 is 16.5. The summed E-state index contributed by atoms with van der Waals surface area (Å²) in [7, 11) is 3.58. The fraction of sp³-hybridized carbons (Fsp3) is 0.250. The Labute approximate surface area is 179 Å². The molecular weight excluding hydrogens is 396 g/mol. The van der Waals surface area contributed by atoms with Crippen LogP contribution in [0, 0.1) is 0 Å². The van der Waals surface area contributed by atoms with Gasteiger partial charge in [-0.05, 0) is 47.6 Å². The van der Waals surface area contributed by atoms with Crippen molar-refractivity contribution in [2.45, 2.75) is 6.54 Å². The van der Waals surface area contributed by atoms with Crippen LogP contribution < -0.4 is 19.1 Å². The van der Waals surface area contributed by atoms with Crippen LogP contribution in [0.25, 0.3) is 10.8 Å². The zero-order valence-electron chi connectivity index (χ0n) is 17.4. The third kappa shape index (κ3) is 3.47. The summed E-state index contributed by atoms with van der Waals surface area (Å²) in [6.07, 6.45) is 0. The van der Waals surface area contributed by atoms with Crippen LogP contribution in [0.3, 0.4) is 0 Å². The molecule has 0 aromatic heterocycles. The molecule has 0 saturated heterocycles. The molecule has 7 nitrogen and oxygen atoms in total. The number of hydrogen-bond acceptors (Lipinski definition) is 6. The van der Waals surface area contributed by atoms with Crippen LogP contribution in [0.5, 0.6) is 17.2 Å². The average molecular weight is 418 g/mol. The first kappa shape index (κ1) is 19.4. The number of carbonyl (C=O) groups excluding carboxylic acids is 2. The number of ketones is 1. The molecule has 0 unspecified atom stereocenters. The average Bonchev–Trinajstić information content (AvgIpc) is 3.01. The van der Waals surface area contributed by atoms with Crippen molar-refractivity contribution in [1.82, 2.24) is 4.90 Å². The van der Waals surface area contributed by atoms with Gasteiger partial charge in [0.05, 0.1) is 25.0 Å². The van der Waals surface area contributed by atoms with Gasteiger partial charge in [-0.15, -0.1) is 0 Å². The van der Waals surface area contributed by atoms with Crippen molar-refractivity contribution in [2.24, 2.45) is 0 Å². The van der Waals surface area contributed by atoms with E-state index in [-0.39, 0.29) is 6.67 Å². The number of benzene rings is 3. The van der Waals surface area contributed by atoms with Gasteiger partial charge >= 0.3 is 5.91 Å². The van der Waals surface area contributed by atoms with Crippen LogP contribution in [0.15, 0.2) is 48.5 Å². The van der Waals surface area contributed by atoms with Gasteiger partial charge in [-0.3, -0.25) is 19.4 Å². The van der Waals surface area contributed by atoms with E-state index in [1.165, 1.54) is 4.90 Å². The molecule has 2 heterocycles. The second-order valence-corrected chi connectivity index (χ2v) is 7.78. The lowest BCUT2D eigenvalue weighted by molar-refractivity contribution is -0.114. The molecule has 0 fully saturated rings. The molecule has 0 bridgehead atoms. The monoisotopic (exact) mass is 418 g/mol. The number of anilines is 1. The molecule has 158 valence electrons. The van der Waals surface area contributed by atoms with Crippen molar-refractivity contribution >= 4 is 28.2 Å². The predicted octanol–water partition coefficient (Wildman–Crippen LogP) is 3.24. The molecule has 7 heteroatoms. The van der Waals surface area contributed by atoms with Gasteiger partial charge in [0.1, 0.15) is 19.0 Å². The Bertz CT molecular complexity index is 1210. The molecule has 0 radical (unpaired) electrons. The van der Waals surface area contributed by atoms with E-state index in [4.69, 9.17) is 14.2 Å². The van der Waals surface area contributed by atoms with Gasteiger partial charge in [-0.2, -0.15) is 0 Å². The van der Waals surface area contributed by atoms with Crippen molar-refractivity contribution in [2.75, 3.05) is 38.9 Å². The van der Waals surface area contributed by atoms with Crippen molar-refractivity contribution in [3.05, 3.63) is 59.7 Å². The summed E-state index contributed by atoms with van der Waals surface area (Å²) in [5.74, 6) is 0.846. The van der Waals surface area contributed by atoms with Gasteiger partial charge in [0.2, 0.25) is 0 Å². The Hall–Kier alpha value is -3.58. The molecule has 2 aliphatic heterocycles. The van der Waals surface area contributed by atoms with Crippen molar-refractivity contribution in [3.63, 3.8) is 0 Å². The molecule has 5 rings (SSSR count). The number of hydrogen-bond donors (Lipinski definition) is 0. The fourth-order valence-electron chi connectivity index (χ4n) is 4.07. The highest BCUT2D eigenvalue weighted by molar-refractivity contribution is 6.52. The van der Waals surface area contributed by atoms with Crippen LogP contribution in [0.2, 0.25) is 0 Å². The second kappa shape index (κ2) is 7.59. The fourth-order valence-corrected chi connectivity index (χ4v) is 4.07. The van der Waals surface area contributed by atoms with E-state index in [2.05, 4.69) is 18.2 Å². The first-order chi connectivity index (χ1) is 15.0. The van der Waals surface area contributed by atoms with E-state index in [1.807, 2.05) is 30.1 Å². The van der Waals surface area contributed by atoms with Gasteiger partial charge in [0.25, 0.3) is 5.78 Å². The number of fused-ring (bicyclic) bond motifs is 3. The molecule has 0 atom stereocenters. The van der Waals surface area contributed by atoms with Gasteiger partial charge in [0.15, 0.2) is 11.5 Å². The molecule has 3 aromatic rings.